The van der Waals surface area contributed by atoms with Crippen molar-refractivity contribution in [3.05, 3.63) is 63.9 Å². The lowest BCUT2D eigenvalue weighted by Crippen LogP contribution is -2.01. The van der Waals surface area contributed by atoms with Crippen molar-refractivity contribution in [3.8, 4) is 0 Å². The molecule has 1 nitrogen and oxygen atoms in total. The van der Waals surface area contributed by atoms with Crippen LogP contribution in [0, 0.1) is 17.5 Å². The highest BCUT2D eigenvalue weighted by molar-refractivity contribution is 9.10. The number of halogens is 4. The van der Waals surface area contributed by atoms with Gasteiger partial charge >= 0.3 is 0 Å². The van der Waals surface area contributed by atoms with Gasteiger partial charge in [0.2, 0.25) is 0 Å². The highest BCUT2D eigenvalue weighted by atomic mass is 79.9. The van der Waals surface area contributed by atoms with E-state index in [4.69, 9.17) is 0 Å². The molecule has 0 unspecified atom stereocenters. The predicted molar refractivity (Wildman–Crippen MR) is 70.5 cm³/mol. The van der Waals surface area contributed by atoms with E-state index in [2.05, 4.69) is 15.9 Å². The van der Waals surface area contributed by atoms with Crippen molar-refractivity contribution in [2.24, 2.45) is 0 Å². The van der Waals surface area contributed by atoms with Crippen LogP contribution in [0.1, 0.15) is 11.6 Å². The Morgan fingerprint density at radius 3 is 2.16 bits per heavy atom. The van der Waals surface area contributed by atoms with Crippen molar-refractivity contribution in [3.63, 3.8) is 0 Å². The summed E-state index contributed by atoms with van der Waals surface area (Å²) in [4.78, 5) is 1.58. The Balaban J connectivity index is 1.89. The number of hydrogen-bond acceptors (Lipinski definition) is 1. The molecule has 2 aromatic carbocycles. The fourth-order valence-electron chi connectivity index (χ4n) is 2.17. The van der Waals surface area contributed by atoms with Crippen LogP contribution in [0.15, 0.2) is 40.9 Å². The Hall–Kier alpha value is -1.49. The number of nitrogens with zero attached hydrogens (tertiary/aromatic N) is 1. The van der Waals surface area contributed by atoms with Crippen molar-refractivity contribution in [1.29, 1.82) is 0 Å². The second-order valence-corrected chi connectivity index (χ2v) is 5.35. The van der Waals surface area contributed by atoms with Crippen LogP contribution in [0.25, 0.3) is 0 Å². The zero-order valence-corrected chi connectivity index (χ0v) is 11.3. The minimum atomic E-state index is -0.902. The first-order valence-corrected chi connectivity index (χ1v) is 6.52. The summed E-state index contributed by atoms with van der Waals surface area (Å²) in [5.41, 5.74) is 0.820. The molecule has 1 aliphatic rings. The van der Waals surface area contributed by atoms with Gasteiger partial charge in [0.05, 0.1) is 6.04 Å². The minimum Gasteiger partial charge on any atom is -0.356 e. The van der Waals surface area contributed by atoms with Gasteiger partial charge in [0.1, 0.15) is 11.5 Å². The van der Waals surface area contributed by atoms with Crippen LogP contribution in [-0.2, 0) is 0 Å². The fraction of sp³-hybridized carbons (Fsp3) is 0.143. The van der Waals surface area contributed by atoms with Gasteiger partial charge in [-0.1, -0.05) is 28.1 Å². The smallest absolute Gasteiger partial charge is 0.152 e. The molecule has 0 N–H and O–H groups in total. The largest absolute Gasteiger partial charge is 0.356 e. The Morgan fingerprint density at radius 2 is 1.58 bits per heavy atom. The molecule has 1 fully saturated rings. The zero-order chi connectivity index (χ0) is 13.6. The third-order valence-corrected chi connectivity index (χ3v) is 3.66. The average Bonchev–Trinajstić information content (AvgIpc) is 3.08. The normalized spacial score (nSPS) is 17.7. The molecule has 1 aliphatic heterocycles. The lowest BCUT2D eigenvalue weighted by atomic mass is 10.1. The third kappa shape index (κ3) is 2.34. The molecule has 2 aromatic rings. The molecule has 1 heterocycles. The van der Waals surface area contributed by atoms with Gasteiger partial charge in [-0.25, -0.2) is 13.2 Å². The second-order valence-electron chi connectivity index (χ2n) is 4.44. The molecule has 0 bridgehead atoms. The topological polar surface area (TPSA) is 3.01 Å². The number of benzene rings is 2. The SMILES string of the molecule is Fc1cc(F)c(N2C[C@@H]2c2ccc(Br)cc2)c(F)c1. The molecule has 98 valence electrons. The van der Waals surface area contributed by atoms with Crippen LogP contribution >= 0.6 is 15.9 Å². The number of anilines is 1. The highest BCUT2D eigenvalue weighted by Gasteiger charge is 2.39. The molecule has 3 rings (SSSR count). The van der Waals surface area contributed by atoms with Crippen molar-refractivity contribution in [2.75, 3.05) is 11.4 Å². The van der Waals surface area contributed by atoms with Crippen molar-refractivity contribution >= 4 is 21.6 Å². The van der Waals surface area contributed by atoms with Crippen LogP contribution in [0.5, 0.6) is 0 Å². The average molecular weight is 328 g/mol. The van der Waals surface area contributed by atoms with Crippen LogP contribution in [0.2, 0.25) is 0 Å². The van der Waals surface area contributed by atoms with Crippen molar-refractivity contribution in [2.45, 2.75) is 6.04 Å². The van der Waals surface area contributed by atoms with E-state index in [1.165, 1.54) is 0 Å². The third-order valence-electron chi connectivity index (χ3n) is 3.14. The van der Waals surface area contributed by atoms with E-state index in [1.807, 2.05) is 24.3 Å². The van der Waals surface area contributed by atoms with Gasteiger partial charge in [0.15, 0.2) is 11.6 Å². The lowest BCUT2D eigenvalue weighted by Gasteiger charge is -2.09. The van der Waals surface area contributed by atoms with Gasteiger partial charge < -0.3 is 4.90 Å². The van der Waals surface area contributed by atoms with E-state index in [9.17, 15) is 13.2 Å². The summed E-state index contributed by atoms with van der Waals surface area (Å²) < 4.78 is 41.1. The molecule has 0 saturated carbocycles. The number of rotatable bonds is 2. The van der Waals surface area contributed by atoms with E-state index in [0.717, 1.165) is 10.0 Å². The van der Waals surface area contributed by atoms with Gasteiger partial charge in [0.25, 0.3) is 0 Å². The Kier molecular flexibility index (Phi) is 3.01. The maximum Gasteiger partial charge on any atom is 0.152 e. The molecule has 1 saturated heterocycles. The monoisotopic (exact) mass is 327 g/mol. The van der Waals surface area contributed by atoms with E-state index < -0.39 is 17.5 Å². The maximum absolute atomic E-state index is 13.6. The summed E-state index contributed by atoms with van der Waals surface area (Å²) in [6, 6.07) is 8.90. The Morgan fingerprint density at radius 1 is 1.00 bits per heavy atom. The lowest BCUT2D eigenvalue weighted by molar-refractivity contribution is 0.545. The number of hydrogen-bond donors (Lipinski definition) is 0. The summed E-state index contributed by atoms with van der Waals surface area (Å²) in [5.74, 6) is -2.63. The first-order chi connectivity index (χ1) is 9.06. The first-order valence-electron chi connectivity index (χ1n) is 5.73. The summed E-state index contributed by atoms with van der Waals surface area (Å²) in [6.45, 7) is 0.529. The van der Waals surface area contributed by atoms with E-state index >= 15 is 0 Å². The van der Waals surface area contributed by atoms with Crippen LogP contribution < -0.4 is 4.90 Å². The van der Waals surface area contributed by atoms with E-state index in [0.29, 0.717) is 18.7 Å². The molecule has 0 spiro atoms. The summed E-state index contributed by atoms with van der Waals surface area (Å²) >= 11 is 3.33. The Labute approximate surface area is 116 Å². The first kappa shape index (κ1) is 12.5. The molecular weight excluding hydrogens is 319 g/mol. The molecular formula is C14H9BrF3N. The molecule has 1 atom stereocenters. The molecule has 5 heteroatoms. The summed E-state index contributed by atoms with van der Waals surface area (Å²) in [6.07, 6.45) is 0. The van der Waals surface area contributed by atoms with E-state index in [1.54, 1.807) is 4.90 Å². The molecule has 0 aromatic heterocycles. The van der Waals surface area contributed by atoms with Crippen LogP contribution in [0.3, 0.4) is 0 Å². The fourth-order valence-corrected chi connectivity index (χ4v) is 2.43. The van der Waals surface area contributed by atoms with Crippen molar-refractivity contribution < 1.29 is 13.2 Å². The van der Waals surface area contributed by atoms with Gasteiger partial charge in [-0.3, -0.25) is 0 Å². The van der Waals surface area contributed by atoms with Gasteiger partial charge in [-0.2, -0.15) is 0 Å². The molecule has 0 aliphatic carbocycles. The standard InChI is InChI=1S/C14H9BrF3N/c15-9-3-1-8(2-4-9)13-7-19(13)14-11(17)5-10(16)6-12(14)18/h1-6,13H,7H2/t13-,19?/m1/s1. The molecule has 0 radical (unpaired) electrons. The van der Waals surface area contributed by atoms with Crippen LogP contribution in [0.4, 0.5) is 18.9 Å². The quantitative estimate of drug-likeness (QED) is 0.737. The van der Waals surface area contributed by atoms with E-state index in [-0.39, 0.29) is 11.7 Å². The molecule has 19 heavy (non-hydrogen) atoms. The zero-order valence-electron chi connectivity index (χ0n) is 9.71. The summed E-state index contributed by atoms with van der Waals surface area (Å²) in [7, 11) is 0. The van der Waals surface area contributed by atoms with Gasteiger partial charge in [-0.05, 0) is 17.7 Å². The maximum atomic E-state index is 13.6. The van der Waals surface area contributed by atoms with Gasteiger partial charge in [-0.15, -0.1) is 0 Å². The van der Waals surface area contributed by atoms with Crippen molar-refractivity contribution in [1.82, 2.24) is 0 Å². The Bertz CT molecular complexity index is 604. The minimum absolute atomic E-state index is 0.0532. The summed E-state index contributed by atoms with van der Waals surface area (Å²) in [5, 5.41) is 0. The van der Waals surface area contributed by atoms with Gasteiger partial charge in [0, 0.05) is 23.2 Å². The second kappa shape index (κ2) is 4.56. The molecule has 0 amide bonds. The highest BCUT2D eigenvalue weighted by Crippen LogP contribution is 2.42. The predicted octanol–water partition coefficient (Wildman–Crippen LogP) is 4.43. The van der Waals surface area contributed by atoms with Crippen LogP contribution in [-0.4, -0.2) is 6.54 Å².